The number of nitrogens with one attached hydrogen (secondary N) is 2. The van der Waals surface area contributed by atoms with E-state index in [1.165, 1.54) is 0 Å². The summed E-state index contributed by atoms with van der Waals surface area (Å²) in [6.07, 6.45) is 0.357. The maximum absolute atomic E-state index is 11.2. The van der Waals surface area contributed by atoms with Gasteiger partial charge in [0.05, 0.1) is 6.54 Å². The predicted molar refractivity (Wildman–Crippen MR) is 53.2 cm³/mol. The van der Waals surface area contributed by atoms with Crippen LogP contribution in [0.2, 0.25) is 0 Å². The Labute approximate surface area is 87.0 Å². The average molecular weight is 211 g/mol. The molecule has 82 valence electrons. The highest BCUT2D eigenvalue weighted by molar-refractivity contribution is 5.93. The molecule has 15 heavy (non-hydrogen) atoms. The van der Waals surface area contributed by atoms with Crippen molar-refractivity contribution in [3.8, 4) is 0 Å². The van der Waals surface area contributed by atoms with Gasteiger partial charge < -0.3 is 15.2 Å². The Bertz CT molecular complexity index is 359. The highest BCUT2D eigenvalue weighted by atomic mass is 16.5. The van der Waals surface area contributed by atoms with Gasteiger partial charge in [-0.1, -0.05) is 12.1 Å². The predicted octanol–water partition coefficient (Wildman–Crippen LogP) is 0.448. The molecule has 0 unspecified atom stereocenters. The van der Waals surface area contributed by atoms with Crippen molar-refractivity contribution >= 4 is 17.6 Å². The van der Waals surface area contributed by atoms with Crippen LogP contribution in [-0.2, 0) is 9.59 Å². The minimum Gasteiger partial charge on any atom is -0.360 e. The Morgan fingerprint density at radius 2 is 2.20 bits per heavy atom. The number of aryl methyl sites for hydroxylation is 1. The molecule has 6 heteroatoms. The zero-order chi connectivity index (χ0) is 11.3. The summed E-state index contributed by atoms with van der Waals surface area (Å²) in [5.74, 6) is 0.470. The van der Waals surface area contributed by atoms with E-state index in [1.54, 1.807) is 19.9 Å². The molecule has 1 rings (SSSR count). The quantitative estimate of drug-likeness (QED) is 0.757. The van der Waals surface area contributed by atoms with Crippen LogP contribution in [0, 0.1) is 6.92 Å². The molecule has 0 aliphatic rings. The lowest BCUT2D eigenvalue weighted by Gasteiger charge is -2.02. The second kappa shape index (κ2) is 5.14. The summed E-state index contributed by atoms with van der Waals surface area (Å²) < 4.78 is 4.76. The summed E-state index contributed by atoms with van der Waals surface area (Å²) in [5, 5.41) is 8.52. The van der Waals surface area contributed by atoms with Gasteiger partial charge in [-0.25, -0.2) is 0 Å². The molecule has 0 aromatic carbocycles. The molecule has 0 spiro atoms. The molecule has 1 heterocycles. The van der Waals surface area contributed by atoms with E-state index in [2.05, 4.69) is 15.8 Å². The second-order valence-electron chi connectivity index (χ2n) is 3.00. The van der Waals surface area contributed by atoms with E-state index in [9.17, 15) is 9.59 Å². The number of hydrogen-bond acceptors (Lipinski definition) is 4. The number of carbonyl (C=O) groups excluding carboxylic acids is 2. The standard InChI is InChI=1S/C9H13N3O3/c1-3-8(13)10-5-9(14)11-7-4-6(2)15-12-7/h4H,3,5H2,1-2H3,(H,10,13)(H,11,12,14). The highest BCUT2D eigenvalue weighted by Gasteiger charge is 2.06. The van der Waals surface area contributed by atoms with Gasteiger partial charge in [-0.15, -0.1) is 0 Å². The zero-order valence-corrected chi connectivity index (χ0v) is 8.66. The Hall–Kier alpha value is -1.85. The van der Waals surface area contributed by atoms with Crippen molar-refractivity contribution in [3.05, 3.63) is 11.8 Å². The van der Waals surface area contributed by atoms with Crippen LogP contribution in [0.3, 0.4) is 0 Å². The number of amides is 2. The summed E-state index contributed by atoms with van der Waals surface area (Å²) in [4.78, 5) is 22.1. The van der Waals surface area contributed by atoms with Gasteiger partial charge in [-0.2, -0.15) is 0 Å². The molecule has 0 fully saturated rings. The van der Waals surface area contributed by atoms with Crippen LogP contribution in [0.5, 0.6) is 0 Å². The number of hydrogen-bond donors (Lipinski definition) is 2. The van der Waals surface area contributed by atoms with Gasteiger partial charge in [-0.05, 0) is 6.92 Å². The Morgan fingerprint density at radius 3 is 2.73 bits per heavy atom. The maximum atomic E-state index is 11.2. The Morgan fingerprint density at radius 1 is 1.47 bits per heavy atom. The van der Waals surface area contributed by atoms with Crippen molar-refractivity contribution in [1.29, 1.82) is 0 Å². The number of anilines is 1. The molecule has 2 amide bonds. The third kappa shape index (κ3) is 3.80. The maximum Gasteiger partial charge on any atom is 0.245 e. The van der Waals surface area contributed by atoms with E-state index >= 15 is 0 Å². The third-order valence-corrected chi connectivity index (χ3v) is 1.66. The van der Waals surface area contributed by atoms with Crippen LogP contribution < -0.4 is 10.6 Å². The number of nitrogens with zero attached hydrogens (tertiary/aromatic N) is 1. The summed E-state index contributed by atoms with van der Waals surface area (Å²) in [5.41, 5.74) is 0. The average Bonchev–Trinajstić information content (AvgIpc) is 2.60. The van der Waals surface area contributed by atoms with E-state index in [4.69, 9.17) is 4.52 Å². The first kappa shape index (κ1) is 11.2. The van der Waals surface area contributed by atoms with Gasteiger partial charge in [0.2, 0.25) is 11.8 Å². The monoisotopic (exact) mass is 211 g/mol. The normalized spacial score (nSPS) is 9.73. The smallest absolute Gasteiger partial charge is 0.245 e. The van der Waals surface area contributed by atoms with Crippen molar-refractivity contribution in [2.24, 2.45) is 0 Å². The topological polar surface area (TPSA) is 84.2 Å². The van der Waals surface area contributed by atoms with Crippen LogP contribution in [-0.4, -0.2) is 23.5 Å². The van der Waals surface area contributed by atoms with E-state index < -0.39 is 0 Å². The molecule has 0 saturated heterocycles. The molecule has 2 N–H and O–H groups in total. The molecule has 0 atom stereocenters. The van der Waals surface area contributed by atoms with E-state index in [0.717, 1.165) is 0 Å². The SMILES string of the molecule is CCC(=O)NCC(=O)Nc1cc(C)on1. The van der Waals surface area contributed by atoms with Crippen molar-refractivity contribution in [1.82, 2.24) is 10.5 Å². The molecule has 6 nitrogen and oxygen atoms in total. The van der Waals surface area contributed by atoms with Crippen LogP contribution in [0.1, 0.15) is 19.1 Å². The lowest BCUT2D eigenvalue weighted by atomic mass is 10.4. The van der Waals surface area contributed by atoms with E-state index in [-0.39, 0.29) is 18.4 Å². The summed E-state index contributed by atoms with van der Waals surface area (Å²) in [7, 11) is 0. The third-order valence-electron chi connectivity index (χ3n) is 1.66. The van der Waals surface area contributed by atoms with E-state index in [1.807, 2.05) is 0 Å². The largest absolute Gasteiger partial charge is 0.360 e. The molecule has 1 aromatic heterocycles. The highest BCUT2D eigenvalue weighted by Crippen LogP contribution is 2.06. The Balaban J connectivity index is 2.33. The minimum atomic E-state index is -0.329. The first-order valence-electron chi connectivity index (χ1n) is 4.61. The zero-order valence-electron chi connectivity index (χ0n) is 8.66. The number of carbonyl (C=O) groups is 2. The van der Waals surface area contributed by atoms with Crippen LogP contribution in [0.4, 0.5) is 5.82 Å². The number of aromatic nitrogens is 1. The first-order valence-corrected chi connectivity index (χ1v) is 4.61. The molecule has 1 aromatic rings. The van der Waals surface area contributed by atoms with Gasteiger partial charge in [0.25, 0.3) is 0 Å². The molecule has 0 saturated carbocycles. The fraction of sp³-hybridized carbons (Fsp3) is 0.444. The van der Waals surface area contributed by atoms with E-state index in [0.29, 0.717) is 18.0 Å². The summed E-state index contributed by atoms with van der Waals surface area (Å²) in [6, 6.07) is 1.60. The van der Waals surface area contributed by atoms with Gasteiger partial charge >= 0.3 is 0 Å². The lowest BCUT2D eigenvalue weighted by Crippen LogP contribution is -2.32. The molecular formula is C9H13N3O3. The van der Waals surface area contributed by atoms with Crippen LogP contribution in [0.15, 0.2) is 10.6 Å². The van der Waals surface area contributed by atoms with Crippen molar-refractivity contribution in [2.45, 2.75) is 20.3 Å². The molecule has 0 radical (unpaired) electrons. The van der Waals surface area contributed by atoms with Crippen molar-refractivity contribution in [2.75, 3.05) is 11.9 Å². The van der Waals surface area contributed by atoms with Crippen molar-refractivity contribution in [3.63, 3.8) is 0 Å². The number of rotatable bonds is 4. The van der Waals surface area contributed by atoms with Crippen molar-refractivity contribution < 1.29 is 14.1 Å². The van der Waals surface area contributed by atoms with Gasteiger partial charge in [-0.3, -0.25) is 9.59 Å². The summed E-state index contributed by atoms with van der Waals surface area (Å²) >= 11 is 0. The van der Waals surface area contributed by atoms with Crippen LogP contribution >= 0.6 is 0 Å². The fourth-order valence-corrected chi connectivity index (χ4v) is 0.916. The lowest BCUT2D eigenvalue weighted by molar-refractivity contribution is -0.123. The molecule has 0 aliphatic carbocycles. The molecule has 0 aliphatic heterocycles. The molecule has 0 bridgehead atoms. The molecular weight excluding hydrogens is 198 g/mol. The second-order valence-corrected chi connectivity index (χ2v) is 3.00. The van der Waals surface area contributed by atoms with Gasteiger partial charge in [0.15, 0.2) is 5.82 Å². The minimum absolute atomic E-state index is 0.0570. The first-order chi connectivity index (χ1) is 7.11. The van der Waals surface area contributed by atoms with Crippen LogP contribution in [0.25, 0.3) is 0 Å². The summed E-state index contributed by atoms with van der Waals surface area (Å²) in [6.45, 7) is 3.38. The van der Waals surface area contributed by atoms with Gasteiger partial charge in [0, 0.05) is 12.5 Å². The Kier molecular flexibility index (Phi) is 3.84. The fourth-order valence-electron chi connectivity index (χ4n) is 0.916. The van der Waals surface area contributed by atoms with Gasteiger partial charge in [0.1, 0.15) is 5.76 Å².